The number of nitrogens with zero attached hydrogens (tertiary/aromatic N) is 1. The molecule has 4 amide bonds. The second kappa shape index (κ2) is 9.70. The van der Waals surface area contributed by atoms with Gasteiger partial charge in [-0.2, -0.15) is 0 Å². The topological polar surface area (TPSA) is 90.5 Å². The van der Waals surface area contributed by atoms with Crippen molar-refractivity contribution in [1.29, 1.82) is 0 Å². The first-order valence-electron chi connectivity index (χ1n) is 10.2. The van der Waals surface area contributed by atoms with Gasteiger partial charge in [0.05, 0.1) is 16.4 Å². The number of carbonyl (C=O) groups is 3. The van der Waals surface area contributed by atoms with E-state index in [2.05, 4.69) is 16.0 Å². The van der Waals surface area contributed by atoms with Gasteiger partial charge >= 0.3 is 6.03 Å². The van der Waals surface area contributed by atoms with E-state index in [4.69, 9.17) is 11.6 Å². The zero-order valence-electron chi connectivity index (χ0n) is 17.3. The van der Waals surface area contributed by atoms with Crippen LogP contribution in [0.25, 0.3) is 0 Å². The monoisotopic (exact) mass is 466 g/mol. The third kappa shape index (κ3) is 5.30. The number of benzene rings is 3. The number of anilines is 3. The SMILES string of the molecule is O=C1CN(C(=O)NC(Cc2ccccc2)C(=O)Nc2ccc(F)c(Cl)c2)c2ccccc2N1. The van der Waals surface area contributed by atoms with Gasteiger partial charge in [-0.3, -0.25) is 14.5 Å². The van der Waals surface area contributed by atoms with Gasteiger partial charge in [0, 0.05) is 12.1 Å². The van der Waals surface area contributed by atoms with Crippen molar-refractivity contribution in [3.63, 3.8) is 0 Å². The Balaban J connectivity index is 1.57. The highest BCUT2D eigenvalue weighted by atomic mass is 35.5. The Bertz CT molecular complexity index is 1210. The summed E-state index contributed by atoms with van der Waals surface area (Å²) in [7, 11) is 0. The van der Waals surface area contributed by atoms with Crippen molar-refractivity contribution in [2.24, 2.45) is 0 Å². The molecule has 3 N–H and O–H groups in total. The van der Waals surface area contributed by atoms with Crippen molar-refractivity contribution in [1.82, 2.24) is 5.32 Å². The number of fused-ring (bicyclic) bond motifs is 1. The summed E-state index contributed by atoms with van der Waals surface area (Å²) in [6.45, 7) is -0.184. The molecular formula is C24H20ClFN4O3. The van der Waals surface area contributed by atoms with Gasteiger partial charge in [0.15, 0.2) is 0 Å². The van der Waals surface area contributed by atoms with E-state index < -0.39 is 23.8 Å². The van der Waals surface area contributed by atoms with Gasteiger partial charge < -0.3 is 16.0 Å². The molecule has 3 aromatic rings. The molecule has 0 spiro atoms. The third-order valence-corrected chi connectivity index (χ3v) is 5.39. The minimum Gasteiger partial charge on any atom is -0.326 e. The van der Waals surface area contributed by atoms with E-state index in [0.717, 1.165) is 11.6 Å². The van der Waals surface area contributed by atoms with E-state index in [1.54, 1.807) is 24.3 Å². The van der Waals surface area contributed by atoms with Crippen LogP contribution >= 0.6 is 11.6 Å². The molecule has 4 rings (SSSR count). The van der Waals surface area contributed by atoms with Crippen LogP contribution in [0.15, 0.2) is 72.8 Å². The molecule has 0 saturated carbocycles. The first-order chi connectivity index (χ1) is 15.9. The Hall–Kier alpha value is -3.91. The predicted molar refractivity (Wildman–Crippen MR) is 125 cm³/mol. The number of carbonyl (C=O) groups excluding carboxylic acids is 3. The molecule has 1 heterocycles. The molecular weight excluding hydrogens is 447 g/mol. The Morgan fingerprint density at radius 2 is 1.79 bits per heavy atom. The fourth-order valence-corrected chi connectivity index (χ4v) is 3.68. The molecule has 168 valence electrons. The Kier molecular flexibility index (Phi) is 6.55. The number of para-hydroxylation sites is 2. The first-order valence-corrected chi connectivity index (χ1v) is 10.6. The molecule has 33 heavy (non-hydrogen) atoms. The average molecular weight is 467 g/mol. The second-order valence-corrected chi connectivity index (χ2v) is 7.87. The van der Waals surface area contributed by atoms with E-state index in [1.165, 1.54) is 17.0 Å². The Morgan fingerprint density at radius 3 is 2.55 bits per heavy atom. The van der Waals surface area contributed by atoms with Crippen LogP contribution in [0.4, 0.5) is 26.2 Å². The van der Waals surface area contributed by atoms with E-state index in [9.17, 15) is 18.8 Å². The molecule has 3 aromatic carbocycles. The van der Waals surface area contributed by atoms with Crippen molar-refractivity contribution in [3.05, 3.63) is 89.2 Å². The molecule has 1 atom stereocenters. The van der Waals surface area contributed by atoms with Crippen molar-refractivity contribution in [2.45, 2.75) is 12.5 Å². The summed E-state index contributed by atoms with van der Waals surface area (Å²) in [6, 6.07) is 18.3. The maximum absolute atomic E-state index is 13.5. The lowest BCUT2D eigenvalue weighted by molar-refractivity contribution is -0.118. The van der Waals surface area contributed by atoms with Crippen LogP contribution in [0.5, 0.6) is 0 Å². The Labute approximate surface area is 194 Å². The summed E-state index contributed by atoms with van der Waals surface area (Å²) < 4.78 is 13.5. The highest BCUT2D eigenvalue weighted by molar-refractivity contribution is 6.31. The van der Waals surface area contributed by atoms with Gasteiger partial charge in [0.25, 0.3) is 0 Å². The minimum absolute atomic E-state index is 0.132. The quantitative estimate of drug-likeness (QED) is 0.526. The lowest BCUT2D eigenvalue weighted by atomic mass is 10.1. The molecule has 0 aliphatic carbocycles. The van der Waals surface area contributed by atoms with Crippen LogP contribution in [0.2, 0.25) is 5.02 Å². The molecule has 0 radical (unpaired) electrons. The van der Waals surface area contributed by atoms with Gasteiger partial charge in [0.1, 0.15) is 18.4 Å². The van der Waals surface area contributed by atoms with E-state index in [0.29, 0.717) is 17.1 Å². The molecule has 9 heteroatoms. The number of hydrogen-bond donors (Lipinski definition) is 3. The molecule has 0 bridgehead atoms. The largest absolute Gasteiger partial charge is 0.326 e. The van der Waals surface area contributed by atoms with Crippen molar-refractivity contribution < 1.29 is 18.8 Å². The van der Waals surface area contributed by atoms with Crippen LogP contribution < -0.4 is 20.9 Å². The Morgan fingerprint density at radius 1 is 1.06 bits per heavy atom. The van der Waals surface area contributed by atoms with Gasteiger partial charge in [0.2, 0.25) is 11.8 Å². The molecule has 0 fully saturated rings. The zero-order valence-corrected chi connectivity index (χ0v) is 18.1. The van der Waals surface area contributed by atoms with Crippen LogP contribution in [-0.2, 0) is 16.0 Å². The summed E-state index contributed by atoms with van der Waals surface area (Å²) in [4.78, 5) is 39.6. The maximum atomic E-state index is 13.5. The molecule has 0 saturated heterocycles. The molecule has 7 nitrogen and oxygen atoms in total. The van der Waals surface area contributed by atoms with Gasteiger partial charge in [-0.05, 0) is 35.9 Å². The third-order valence-electron chi connectivity index (χ3n) is 5.10. The van der Waals surface area contributed by atoms with Crippen molar-refractivity contribution in [3.8, 4) is 0 Å². The van der Waals surface area contributed by atoms with Gasteiger partial charge in [-0.1, -0.05) is 54.1 Å². The number of rotatable bonds is 5. The second-order valence-electron chi connectivity index (χ2n) is 7.46. The van der Waals surface area contributed by atoms with Crippen LogP contribution in [0.1, 0.15) is 5.56 Å². The highest BCUT2D eigenvalue weighted by Gasteiger charge is 2.30. The summed E-state index contributed by atoms with van der Waals surface area (Å²) in [5.74, 6) is -1.45. The number of amides is 4. The van der Waals surface area contributed by atoms with Crippen LogP contribution in [0, 0.1) is 5.82 Å². The normalized spacial score (nSPS) is 13.5. The lowest BCUT2D eigenvalue weighted by Crippen LogP contribution is -2.53. The average Bonchev–Trinajstić information content (AvgIpc) is 2.81. The number of nitrogens with one attached hydrogen (secondary N) is 3. The lowest BCUT2D eigenvalue weighted by Gasteiger charge is -2.30. The maximum Gasteiger partial charge on any atom is 0.323 e. The smallest absolute Gasteiger partial charge is 0.323 e. The molecule has 1 unspecified atom stereocenters. The zero-order chi connectivity index (χ0) is 23.4. The van der Waals surface area contributed by atoms with Crippen LogP contribution in [-0.4, -0.2) is 30.4 Å². The first kappa shape index (κ1) is 22.3. The standard InChI is InChI=1S/C24H20ClFN4O3/c25-17-13-16(10-11-18(17)26)27-23(32)20(12-15-6-2-1-3-7-15)29-24(33)30-14-22(31)28-19-8-4-5-9-21(19)30/h1-11,13,20H,12,14H2,(H,27,32)(H,28,31)(H,29,33). The highest BCUT2D eigenvalue weighted by Crippen LogP contribution is 2.29. The summed E-state index contributed by atoms with van der Waals surface area (Å²) >= 11 is 5.81. The number of halogens is 2. The van der Waals surface area contributed by atoms with E-state index >= 15 is 0 Å². The predicted octanol–water partition coefficient (Wildman–Crippen LogP) is 4.20. The fourth-order valence-electron chi connectivity index (χ4n) is 3.50. The van der Waals surface area contributed by atoms with E-state index in [1.807, 2.05) is 30.3 Å². The molecule has 0 aromatic heterocycles. The van der Waals surface area contributed by atoms with Crippen LogP contribution in [0.3, 0.4) is 0 Å². The fraction of sp³-hybridized carbons (Fsp3) is 0.125. The van der Waals surface area contributed by atoms with Crippen molar-refractivity contribution >= 4 is 46.5 Å². The number of hydrogen-bond acceptors (Lipinski definition) is 3. The van der Waals surface area contributed by atoms with Crippen molar-refractivity contribution in [2.75, 3.05) is 22.1 Å². The van der Waals surface area contributed by atoms with Gasteiger partial charge in [-0.15, -0.1) is 0 Å². The summed E-state index contributed by atoms with van der Waals surface area (Å²) in [5.41, 5.74) is 2.15. The molecule has 1 aliphatic heterocycles. The van der Waals surface area contributed by atoms with Gasteiger partial charge in [-0.25, -0.2) is 9.18 Å². The number of urea groups is 1. The summed E-state index contributed by atoms with van der Waals surface area (Å²) in [5, 5.41) is 7.98. The minimum atomic E-state index is -0.971. The summed E-state index contributed by atoms with van der Waals surface area (Å²) in [6.07, 6.45) is 0.203. The van der Waals surface area contributed by atoms with E-state index in [-0.39, 0.29) is 23.9 Å². The molecule has 1 aliphatic rings.